The third kappa shape index (κ3) is 1.48. The van der Waals surface area contributed by atoms with E-state index in [1.807, 2.05) is 0 Å². The molecular formula is C6H9NO3. The van der Waals surface area contributed by atoms with E-state index in [4.69, 9.17) is 13.9 Å². The molecule has 56 valence electrons. The number of ether oxygens (including phenoxy) is 2. The van der Waals surface area contributed by atoms with Crippen LogP contribution in [0.15, 0.2) is 10.7 Å². The fourth-order valence-electron chi connectivity index (χ4n) is 0.578. The Morgan fingerprint density at radius 3 is 2.90 bits per heavy atom. The van der Waals surface area contributed by atoms with E-state index < -0.39 is 0 Å². The van der Waals surface area contributed by atoms with E-state index in [2.05, 4.69) is 4.98 Å². The fraction of sp³-hybridized carbons (Fsp3) is 0.500. The lowest BCUT2D eigenvalue weighted by Gasteiger charge is -1.88. The molecule has 0 aliphatic heterocycles. The predicted molar refractivity (Wildman–Crippen MR) is 33.8 cm³/mol. The van der Waals surface area contributed by atoms with Crippen LogP contribution in [0.2, 0.25) is 0 Å². The zero-order valence-electron chi connectivity index (χ0n) is 5.96. The van der Waals surface area contributed by atoms with Gasteiger partial charge in [-0.1, -0.05) is 0 Å². The minimum Gasteiger partial charge on any atom is -0.479 e. The Hall–Kier alpha value is -1.03. The molecule has 0 aromatic carbocycles. The van der Waals surface area contributed by atoms with Crippen LogP contribution in [0.5, 0.6) is 5.88 Å². The summed E-state index contributed by atoms with van der Waals surface area (Å²) in [7, 11) is 3.12. The van der Waals surface area contributed by atoms with E-state index in [-0.39, 0.29) is 0 Å². The predicted octanol–water partition coefficient (Wildman–Crippen LogP) is 0.830. The van der Waals surface area contributed by atoms with Crippen LogP contribution in [0.1, 0.15) is 5.89 Å². The molecule has 10 heavy (non-hydrogen) atoms. The molecule has 0 bridgehead atoms. The van der Waals surface area contributed by atoms with Gasteiger partial charge in [0.2, 0.25) is 5.89 Å². The summed E-state index contributed by atoms with van der Waals surface area (Å²) >= 11 is 0. The van der Waals surface area contributed by atoms with Crippen molar-refractivity contribution in [2.24, 2.45) is 0 Å². The zero-order valence-corrected chi connectivity index (χ0v) is 5.96. The highest BCUT2D eigenvalue weighted by molar-refractivity contribution is 5.01. The molecule has 0 atom stereocenters. The number of hydrogen-bond acceptors (Lipinski definition) is 4. The van der Waals surface area contributed by atoms with Crippen LogP contribution in [-0.4, -0.2) is 19.2 Å². The summed E-state index contributed by atoms with van der Waals surface area (Å²) in [4.78, 5) is 3.90. The highest BCUT2D eigenvalue weighted by Gasteiger charge is 2.00. The molecule has 1 rings (SSSR count). The van der Waals surface area contributed by atoms with Gasteiger partial charge in [0.1, 0.15) is 6.61 Å². The second-order valence-corrected chi connectivity index (χ2v) is 1.72. The standard InChI is InChI=1S/C6H9NO3/c1-8-3-6-7-5(9-2)4-10-6/h4H,3H2,1-2H3. The lowest BCUT2D eigenvalue weighted by molar-refractivity contribution is 0.159. The fourth-order valence-corrected chi connectivity index (χ4v) is 0.578. The number of hydrogen-bond donors (Lipinski definition) is 0. The Kier molecular flexibility index (Phi) is 2.28. The van der Waals surface area contributed by atoms with Crippen LogP contribution in [0.3, 0.4) is 0 Å². The van der Waals surface area contributed by atoms with E-state index in [0.29, 0.717) is 18.4 Å². The largest absolute Gasteiger partial charge is 0.479 e. The van der Waals surface area contributed by atoms with Gasteiger partial charge in [0.05, 0.1) is 7.11 Å². The zero-order chi connectivity index (χ0) is 7.40. The number of methoxy groups -OCH3 is 2. The number of nitrogens with zero attached hydrogens (tertiary/aromatic N) is 1. The molecule has 0 saturated heterocycles. The average Bonchev–Trinajstić information content (AvgIpc) is 2.37. The van der Waals surface area contributed by atoms with Crippen molar-refractivity contribution < 1.29 is 13.9 Å². The molecule has 0 amide bonds. The van der Waals surface area contributed by atoms with Gasteiger partial charge in [0.25, 0.3) is 5.88 Å². The summed E-state index contributed by atoms with van der Waals surface area (Å²) in [6, 6.07) is 0. The van der Waals surface area contributed by atoms with E-state index >= 15 is 0 Å². The Bertz CT molecular complexity index is 197. The van der Waals surface area contributed by atoms with Crippen molar-refractivity contribution in [2.75, 3.05) is 14.2 Å². The molecular weight excluding hydrogens is 134 g/mol. The van der Waals surface area contributed by atoms with Crippen molar-refractivity contribution >= 4 is 0 Å². The summed E-state index contributed by atoms with van der Waals surface area (Å²) in [6.07, 6.45) is 1.44. The van der Waals surface area contributed by atoms with Gasteiger partial charge in [0.15, 0.2) is 6.26 Å². The summed E-state index contributed by atoms with van der Waals surface area (Å²) in [6.45, 7) is 0.378. The molecule has 0 fully saturated rings. The van der Waals surface area contributed by atoms with Gasteiger partial charge in [-0.2, -0.15) is 4.98 Å². The quantitative estimate of drug-likeness (QED) is 0.628. The van der Waals surface area contributed by atoms with E-state index in [1.165, 1.54) is 13.4 Å². The van der Waals surface area contributed by atoms with Crippen LogP contribution in [-0.2, 0) is 11.3 Å². The number of oxazole rings is 1. The average molecular weight is 143 g/mol. The van der Waals surface area contributed by atoms with Crippen molar-refractivity contribution in [1.29, 1.82) is 0 Å². The first kappa shape index (κ1) is 7.08. The van der Waals surface area contributed by atoms with Gasteiger partial charge in [-0.15, -0.1) is 0 Å². The lowest BCUT2D eigenvalue weighted by atomic mass is 10.7. The monoisotopic (exact) mass is 143 g/mol. The van der Waals surface area contributed by atoms with E-state index in [1.54, 1.807) is 7.11 Å². The molecule has 0 radical (unpaired) electrons. The Morgan fingerprint density at radius 2 is 2.40 bits per heavy atom. The maximum absolute atomic E-state index is 4.93. The normalized spacial score (nSPS) is 9.80. The molecule has 0 N–H and O–H groups in total. The van der Waals surface area contributed by atoms with Crippen LogP contribution in [0.4, 0.5) is 0 Å². The smallest absolute Gasteiger partial charge is 0.252 e. The Morgan fingerprint density at radius 1 is 1.60 bits per heavy atom. The van der Waals surface area contributed by atoms with Gasteiger partial charge in [-0.25, -0.2) is 0 Å². The molecule has 4 heteroatoms. The van der Waals surface area contributed by atoms with Gasteiger partial charge in [0, 0.05) is 7.11 Å². The molecule has 0 aliphatic rings. The third-order valence-electron chi connectivity index (χ3n) is 1.01. The summed E-state index contributed by atoms with van der Waals surface area (Å²) < 4.78 is 14.5. The van der Waals surface area contributed by atoms with Crippen LogP contribution >= 0.6 is 0 Å². The van der Waals surface area contributed by atoms with Gasteiger partial charge in [-0.05, 0) is 0 Å². The molecule has 0 unspecified atom stereocenters. The Balaban J connectivity index is 2.59. The van der Waals surface area contributed by atoms with Gasteiger partial charge < -0.3 is 13.9 Å². The van der Waals surface area contributed by atoms with Crippen LogP contribution < -0.4 is 4.74 Å². The molecule has 1 heterocycles. The molecule has 0 spiro atoms. The van der Waals surface area contributed by atoms with Gasteiger partial charge in [-0.3, -0.25) is 0 Å². The van der Waals surface area contributed by atoms with Crippen molar-refractivity contribution in [1.82, 2.24) is 4.98 Å². The van der Waals surface area contributed by atoms with Crippen molar-refractivity contribution in [2.45, 2.75) is 6.61 Å². The summed E-state index contributed by atoms with van der Waals surface area (Å²) in [5, 5.41) is 0. The maximum Gasteiger partial charge on any atom is 0.252 e. The summed E-state index contributed by atoms with van der Waals surface area (Å²) in [5.41, 5.74) is 0. The lowest BCUT2D eigenvalue weighted by Crippen LogP contribution is -1.87. The highest BCUT2D eigenvalue weighted by atomic mass is 16.5. The van der Waals surface area contributed by atoms with E-state index in [9.17, 15) is 0 Å². The van der Waals surface area contributed by atoms with Crippen LogP contribution in [0.25, 0.3) is 0 Å². The topological polar surface area (TPSA) is 44.5 Å². The Labute approximate surface area is 58.8 Å². The maximum atomic E-state index is 4.93. The SMILES string of the molecule is COCc1nc(OC)co1. The molecule has 0 aliphatic carbocycles. The minimum absolute atomic E-state index is 0.378. The van der Waals surface area contributed by atoms with Crippen molar-refractivity contribution in [3.05, 3.63) is 12.2 Å². The summed E-state index contributed by atoms with van der Waals surface area (Å²) in [5.74, 6) is 1.01. The molecule has 1 aromatic heterocycles. The van der Waals surface area contributed by atoms with Crippen LogP contribution in [0, 0.1) is 0 Å². The minimum atomic E-state index is 0.378. The molecule has 0 saturated carbocycles. The van der Waals surface area contributed by atoms with E-state index in [0.717, 1.165) is 0 Å². The molecule has 1 aromatic rings. The first-order valence-corrected chi connectivity index (χ1v) is 2.84. The molecule has 4 nitrogen and oxygen atoms in total. The van der Waals surface area contributed by atoms with Gasteiger partial charge >= 0.3 is 0 Å². The number of rotatable bonds is 3. The second-order valence-electron chi connectivity index (χ2n) is 1.72. The second kappa shape index (κ2) is 3.22. The third-order valence-corrected chi connectivity index (χ3v) is 1.01. The van der Waals surface area contributed by atoms with Crippen molar-refractivity contribution in [3.8, 4) is 5.88 Å². The number of aromatic nitrogens is 1. The first-order valence-electron chi connectivity index (χ1n) is 2.84. The first-order chi connectivity index (χ1) is 4.86. The van der Waals surface area contributed by atoms with Crippen molar-refractivity contribution in [3.63, 3.8) is 0 Å². The highest BCUT2D eigenvalue weighted by Crippen LogP contribution is 2.08.